The maximum atomic E-state index is 5.33. The molecule has 1 aliphatic rings. The molecular formula is C13H26N2OS. The molecule has 4 atom stereocenters. The van der Waals surface area contributed by atoms with Gasteiger partial charge in [-0.15, -0.1) is 0 Å². The van der Waals surface area contributed by atoms with Gasteiger partial charge in [0.05, 0.1) is 6.61 Å². The lowest BCUT2D eigenvalue weighted by atomic mass is 9.80. The smallest absolute Gasteiger partial charge is 0.166 e. The number of thiocarbonyl (C=S) groups is 1. The van der Waals surface area contributed by atoms with Crippen LogP contribution >= 0.6 is 12.2 Å². The summed E-state index contributed by atoms with van der Waals surface area (Å²) in [6, 6.07) is 0.791. The van der Waals surface area contributed by atoms with Gasteiger partial charge in [0, 0.05) is 19.2 Å². The quantitative estimate of drug-likeness (QED) is 0.758. The highest BCUT2D eigenvalue weighted by Gasteiger charge is 2.25. The molecule has 0 aromatic rings. The molecule has 0 radical (unpaired) electrons. The predicted octanol–water partition coefficient (Wildman–Crippen LogP) is 2.31. The molecule has 4 unspecified atom stereocenters. The average Bonchev–Trinajstić information content (AvgIpc) is 2.22. The Bertz CT molecular complexity index is 248. The fourth-order valence-electron chi connectivity index (χ4n) is 2.61. The van der Waals surface area contributed by atoms with Crippen LogP contribution in [0.1, 0.15) is 40.0 Å². The van der Waals surface area contributed by atoms with Gasteiger partial charge in [-0.05, 0) is 50.2 Å². The third kappa shape index (κ3) is 5.21. The Morgan fingerprint density at radius 2 is 2.12 bits per heavy atom. The SMILES string of the molecule is COCC(C)NC(=S)NC1CCC(C)CC1C. The lowest BCUT2D eigenvalue weighted by Crippen LogP contribution is -2.49. The summed E-state index contributed by atoms with van der Waals surface area (Å²) >= 11 is 5.33. The minimum absolute atomic E-state index is 0.262. The van der Waals surface area contributed by atoms with Crippen LogP contribution in [0.3, 0.4) is 0 Å². The summed E-state index contributed by atoms with van der Waals surface area (Å²) < 4.78 is 5.08. The fraction of sp³-hybridized carbons (Fsp3) is 0.923. The Labute approximate surface area is 111 Å². The predicted molar refractivity (Wildman–Crippen MR) is 76.2 cm³/mol. The summed E-state index contributed by atoms with van der Waals surface area (Å²) in [6.45, 7) is 7.40. The Balaban J connectivity index is 2.30. The van der Waals surface area contributed by atoms with Crippen molar-refractivity contribution in [3.63, 3.8) is 0 Å². The topological polar surface area (TPSA) is 33.3 Å². The summed E-state index contributed by atoms with van der Waals surface area (Å²) in [7, 11) is 1.71. The van der Waals surface area contributed by atoms with Gasteiger partial charge >= 0.3 is 0 Å². The van der Waals surface area contributed by atoms with Crippen LogP contribution in [-0.4, -0.2) is 30.9 Å². The molecule has 17 heavy (non-hydrogen) atoms. The molecule has 0 spiro atoms. The second-order valence-electron chi connectivity index (χ2n) is 5.48. The van der Waals surface area contributed by atoms with Crippen LogP contribution in [0.5, 0.6) is 0 Å². The number of nitrogens with one attached hydrogen (secondary N) is 2. The number of rotatable bonds is 4. The number of methoxy groups -OCH3 is 1. The summed E-state index contributed by atoms with van der Waals surface area (Å²) in [4.78, 5) is 0. The largest absolute Gasteiger partial charge is 0.383 e. The second-order valence-corrected chi connectivity index (χ2v) is 5.88. The highest BCUT2D eigenvalue weighted by Crippen LogP contribution is 2.28. The lowest BCUT2D eigenvalue weighted by molar-refractivity contribution is 0.178. The normalized spacial score (nSPS) is 30.7. The third-order valence-corrected chi connectivity index (χ3v) is 3.78. The molecular weight excluding hydrogens is 232 g/mol. The molecule has 0 heterocycles. The molecule has 4 heteroatoms. The summed E-state index contributed by atoms with van der Waals surface area (Å²) in [6.07, 6.45) is 3.83. The van der Waals surface area contributed by atoms with Gasteiger partial charge < -0.3 is 15.4 Å². The molecule has 1 rings (SSSR count). The van der Waals surface area contributed by atoms with Crippen LogP contribution in [0.2, 0.25) is 0 Å². The van der Waals surface area contributed by atoms with Crippen LogP contribution in [-0.2, 0) is 4.74 Å². The fourth-order valence-corrected chi connectivity index (χ4v) is 2.96. The zero-order chi connectivity index (χ0) is 12.8. The van der Waals surface area contributed by atoms with E-state index in [2.05, 4.69) is 31.4 Å². The van der Waals surface area contributed by atoms with E-state index in [0.29, 0.717) is 18.6 Å². The molecule has 100 valence electrons. The van der Waals surface area contributed by atoms with Crippen molar-refractivity contribution < 1.29 is 4.74 Å². The Kier molecular flexibility index (Phi) is 6.20. The highest BCUT2D eigenvalue weighted by atomic mass is 32.1. The van der Waals surface area contributed by atoms with Gasteiger partial charge in [0.1, 0.15) is 0 Å². The van der Waals surface area contributed by atoms with Crippen LogP contribution in [0, 0.1) is 11.8 Å². The van der Waals surface area contributed by atoms with Gasteiger partial charge in [0.15, 0.2) is 5.11 Å². The van der Waals surface area contributed by atoms with E-state index in [4.69, 9.17) is 17.0 Å². The maximum Gasteiger partial charge on any atom is 0.166 e. The number of hydrogen-bond donors (Lipinski definition) is 2. The van der Waals surface area contributed by atoms with Crippen molar-refractivity contribution in [2.45, 2.75) is 52.1 Å². The van der Waals surface area contributed by atoms with Crippen LogP contribution < -0.4 is 10.6 Å². The van der Waals surface area contributed by atoms with Crippen molar-refractivity contribution in [3.8, 4) is 0 Å². The molecule has 0 saturated heterocycles. The van der Waals surface area contributed by atoms with Crippen molar-refractivity contribution in [1.29, 1.82) is 0 Å². The van der Waals surface area contributed by atoms with Gasteiger partial charge in [0.25, 0.3) is 0 Å². The minimum Gasteiger partial charge on any atom is -0.383 e. The van der Waals surface area contributed by atoms with Crippen molar-refractivity contribution in [2.75, 3.05) is 13.7 Å². The first-order chi connectivity index (χ1) is 8.02. The van der Waals surface area contributed by atoms with Crippen molar-refractivity contribution >= 4 is 17.3 Å². The first kappa shape index (κ1) is 14.7. The first-order valence-electron chi connectivity index (χ1n) is 6.59. The highest BCUT2D eigenvalue weighted by molar-refractivity contribution is 7.80. The van der Waals surface area contributed by atoms with Gasteiger partial charge in [-0.3, -0.25) is 0 Å². The molecule has 0 aromatic carbocycles. The Morgan fingerprint density at radius 1 is 1.41 bits per heavy atom. The van der Waals surface area contributed by atoms with E-state index in [0.717, 1.165) is 11.0 Å². The van der Waals surface area contributed by atoms with Gasteiger partial charge in [-0.1, -0.05) is 13.8 Å². The van der Waals surface area contributed by atoms with E-state index in [1.807, 2.05) is 0 Å². The molecule has 0 bridgehead atoms. The minimum atomic E-state index is 0.262. The zero-order valence-electron chi connectivity index (χ0n) is 11.5. The standard InChI is InChI=1S/C13H26N2OS/c1-9-5-6-12(10(2)7-9)15-13(17)14-11(3)8-16-4/h9-12H,5-8H2,1-4H3,(H2,14,15,17). The summed E-state index contributed by atoms with van der Waals surface area (Å²) in [5, 5.41) is 7.46. The number of ether oxygens (including phenoxy) is 1. The van der Waals surface area contributed by atoms with Gasteiger partial charge in [-0.25, -0.2) is 0 Å². The summed E-state index contributed by atoms with van der Waals surface area (Å²) in [5.74, 6) is 1.56. The second kappa shape index (κ2) is 7.17. The monoisotopic (exact) mass is 258 g/mol. The van der Waals surface area contributed by atoms with Crippen molar-refractivity contribution in [3.05, 3.63) is 0 Å². The van der Waals surface area contributed by atoms with Crippen molar-refractivity contribution in [2.24, 2.45) is 11.8 Å². The van der Waals surface area contributed by atoms with E-state index in [1.54, 1.807) is 7.11 Å². The van der Waals surface area contributed by atoms with Crippen molar-refractivity contribution in [1.82, 2.24) is 10.6 Å². The van der Waals surface area contributed by atoms with Crippen LogP contribution in [0.25, 0.3) is 0 Å². The van der Waals surface area contributed by atoms with E-state index >= 15 is 0 Å². The lowest BCUT2D eigenvalue weighted by Gasteiger charge is -2.34. The maximum absolute atomic E-state index is 5.33. The van der Waals surface area contributed by atoms with E-state index in [-0.39, 0.29) is 6.04 Å². The molecule has 1 saturated carbocycles. The van der Waals surface area contributed by atoms with Gasteiger partial charge in [0.2, 0.25) is 0 Å². The third-order valence-electron chi connectivity index (χ3n) is 3.54. The van der Waals surface area contributed by atoms with E-state index in [9.17, 15) is 0 Å². The average molecular weight is 258 g/mol. The zero-order valence-corrected chi connectivity index (χ0v) is 12.3. The van der Waals surface area contributed by atoms with E-state index < -0.39 is 0 Å². The molecule has 0 amide bonds. The Hall–Kier alpha value is -0.350. The number of hydrogen-bond acceptors (Lipinski definition) is 2. The molecule has 2 N–H and O–H groups in total. The van der Waals surface area contributed by atoms with Crippen LogP contribution in [0.4, 0.5) is 0 Å². The molecule has 1 fully saturated rings. The first-order valence-corrected chi connectivity index (χ1v) is 6.99. The molecule has 1 aliphatic carbocycles. The molecule has 3 nitrogen and oxygen atoms in total. The van der Waals surface area contributed by atoms with E-state index in [1.165, 1.54) is 19.3 Å². The molecule has 0 aromatic heterocycles. The summed E-state index contributed by atoms with van der Waals surface area (Å²) in [5.41, 5.74) is 0. The molecule has 0 aliphatic heterocycles. The Morgan fingerprint density at radius 3 is 2.71 bits per heavy atom. The van der Waals surface area contributed by atoms with Crippen LogP contribution in [0.15, 0.2) is 0 Å². The van der Waals surface area contributed by atoms with Gasteiger partial charge in [-0.2, -0.15) is 0 Å².